The van der Waals surface area contributed by atoms with Crippen molar-refractivity contribution in [2.75, 3.05) is 6.54 Å². The number of rotatable bonds is 5. The number of aryl methyl sites for hydroxylation is 1. The molecule has 0 unspecified atom stereocenters. The number of nitrogens with one attached hydrogen (secondary N) is 2. The summed E-state index contributed by atoms with van der Waals surface area (Å²) in [7, 11) is 0. The topological polar surface area (TPSA) is 115 Å². The molecule has 0 aliphatic heterocycles. The van der Waals surface area contributed by atoms with Crippen molar-refractivity contribution in [3.8, 4) is 0 Å². The number of carbonyl (C=O) groups is 2. The summed E-state index contributed by atoms with van der Waals surface area (Å²) in [6.07, 6.45) is -0.0956. The third kappa shape index (κ3) is 3.06. The second-order valence-electron chi connectivity index (χ2n) is 3.31. The van der Waals surface area contributed by atoms with Crippen LogP contribution < -0.4 is 5.32 Å². The van der Waals surface area contributed by atoms with Crippen molar-refractivity contribution in [1.29, 1.82) is 0 Å². The van der Waals surface area contributed by atoms with E-state index < -0.39 is 12.1 Å². The second kappa shape index (κ2) is 5.26. The Morgan fingerprint density at radius 1 is 1.62 bits per heavy atom. The van der Waals surface area contributed by atoms with Gasteiger partial charge in [-0.15, -0.1) is 0 Å². The molecule has 1 heterocycles. The van der Waals surface area contributed by atoms with Crippen molar-refractivity contribution >= 4 is 11.9 Å². The van der Waals surface area contributed by atoms with Crippen LogP contribution in [0.2, 0.25) is 0 Å². The molecule has 1 amide bonds. The third-order valence-electron chi connectivity index (χ3n) is 2.06. The summed E-state index contributed by atoms with van der Waals surface area (Å²) in [5.41, 5.74) is 1.04. The molecule has 0 spiro atoms. The van der Waals surface area contributed by atoms with Gasteiger partial charge in [0.05, 0.1) is 11.8 Å². The van der Waals surface area contributed by atoms with E-state index in [0.717, 1.165) is 0 Å². The summed E-state index contributed by atoms with van der Waals surface area (Å²) in [4.78, 5) is 21.8. The standard InChI is InChI=1S/C9H13N3O4/c1-5-6(4-11-12-5)8(14)10-3-2-7(13)9(15)16/h4,7,13H,2-3H2,1H3,(H,10,14)(H,11,12)(H,15,16)/t7-/m0/s1. The normalized spacial score (nSPS) is 12.1. The van der Waals surface area contributed by atoms with Crippen LogP contribution >= 0.6 is 0 Å². The van der Waals surface area contributed by atoms with Crippen LogP contribution in [0.25, 0.3) is 0 Å². The van der Waals surface area contributed by atoms with Crippen LogP contribution in [-0.2, 0) is 4.79 Å². The Bertz CT molecular complexity index is 388. The molecule has 0 fully saturated rings. The zero-order valence-electron chi connectivity index (χ0n) is 8.73. The number of carboxylic acid groups (broad SMARTS) is 1. The van der Waals surface area contributed by atoms with Gasteiger partial charge in [0, 0.05) is 18.7 Å². The molecule has 1 atom stereocenters. The molecular formula is C9H13N3O4. The summed E-state index contributed by atoms with van der Waals surface area (Å²) < 4.78 is 0. The fourth-order valence-electron chi connectivity index (χ4n) is 1.12. The molecule has 0 radical (unpaired) electrons. The first-order valence-electron chi connectivity index (χ1n) is 4.71. The second-order valence-corrected chi connectivity index (χ2v) is 3.31. The van der Waals surface area contributed by atoms with Gasteiger partial charge >= 0.3 is 5.97 Å². The van der Waals surface area contributed by atoms with Crippen molar-refractivity contribution in [3.05, 3.63) is 17.5 Å². The number of amides is 1. The van der Waals surface area contributed by atoms with Gasteiger partial charge in [0.15, 0.2) is 6.10 Å². The highest BCUT2D eigenvalue weighted by Gasteiger charge is 2.14. The highest BCUT2D eigenvalue weighted by atomic mass is 16.4. The van der Waals surface area contributed by atoms with Crippen molar-refractivity contribution < 1.29 is 19.8 Å². The Hall–Kier alpha value is -1.89. The summed E-state index contributed by atoms with van der Waals surface area (Å²) in [5.74, 6) is -1.64. The van der Waals surface area contributed by atoms with Crippen molar-refractivity contribution in [1.82, 2.24) is 15.5 Å². The van der Waals surface area contributed by atoms with E-state index in [1.54, 1.807) is 6.92 Å². The van der Waals surface area contributed by atoms with Crippen molar-refractivity contribution in [2.45, 2.75) is 19.4 Å². The first-order valence-corrected chi connectivity index (χ1v) is 4.71. The number of H-pyrrole nitrogens is 1. The van der Waals surface area contributed by atoms with Crippen molar-refractivity contribution in [3.63, 3.8) is 0 Å². The van der Waals surface area contributed by atoms with Gasteiger partial charge in [0.1, 0.15) is 0 Å². The Kier molecular flexibility index (Phi) is 4.01. The average molecular weight is 227 g/mol. The number of aliphatic carboxylic acids is 1. The predicted octanol–water partition coefficient (Wildman–Crippen LogP) is -0.716. The Balaban J connectivity index is 2.37. The minimum atomic E-state index is -1.45. The molecule has 1 aromatic heterocycles. The van der Waals surface area contributed by atoms with Crippen LogP contribution in [0.4, 0.5) is 0 Å². The molecule has 7 heteroatoms. The molecule has 0 bridgehead atoms. The maximum absolute atomic E-state index is 11.5. The van der Waals surface area contributed by atoms with Gasteiger partial charge in [-0.2, -0.15) is 5.10 Å². The number of aromatic nitrogens is 2. The highest BCUT2D eigenvalue weighted by molar-refractivity contribution is 5.94. The third-order valence-corrected chi connectivity index (χ3v) is 2.06. The van der Waals surface area contributed by atoms with Crippen LogP contribution in [0, 0.1) is 6.92 Å². The van der Waals surface area contributed by atoms with Gasteiger partial charge in [-0.25, -0.2) is 4.79 Å². The van der Waals surface area contributed by atoms with Gasteiger partial charge in [0.25, 0.3) is 5.91 Å². The molecule has 0 aliphatic rings. The van der Waals surface area contributed by atoms with Crippen LogP contribution in [-0.4, -0.2) is 44.9 Å². The SMILES string of the molecule is Cc1[nH]ncc1C(=O)NCC[C@H](O)C(=O)O. The minimum absolute atomic E-state index is 0.0298. The van der Waals surface area contributed by atoms with Gasteiger partial charge in [-0.1, -0.05) is 0 Å². The smallest absolute Gasteiger partial charge is 0.332 e. The molecule has 4 N–H and O–H groups in total. The molecule has 0 saturated heterocycles. The Morgan fingerprint density at radius 3 is 2.81 bits per heavy atom. The van der Waals surface area contributed by atoms with E-state index in [-0.39, 0.29) is 18.9 Å². The average Bonchev–Trinajstić information content (AvgIpc) is 2.64. The number of hydrogen-bond donors (Lipinski definition) is 4. The fourth-order valence-corrected chi connectivity index (χ4v) is 1.12. The number of aliphatic hydroxyl groups is 1. The molecule has 0 aliphatic carbocycles. The first kappa shape index (κ1) is 12.2. The van der Waals surface area contributed by atoms with Crippen LogP contribution in [0.1, 0.15) is 22.5 Å². The molecule has 1 rings (SSSR count). The zero-order chi connectivity index (χ0) is 12.1. The van der Waals surface area contributed by atoms with E-state index in [9.17, 15) is 9.59 Å². The lowest BCUT2D eigenvalue weighted by Crippen LogP contribution is -2.30. The quantitative estimate of drug-likeness (QED) is 0.530. The number of nitrogens with zero attached hydrogens (tertiary/aromatic N) is 1. The largest absolute Gasteiger partial charge is 0.479 e. The zero-order valence-corrected chi connectivity index (χ0v) is 8.73. The molecule has 7 nitrogen and oxygen atoms in total. The molecule has 16 heavy (non-hydrogen) atoms. The molecule has 0 aromatic carbocycles. The summed E-state index contributed by atoms with van der Waals surface area (Å²) in [5, 5.41) is 26.1. The predicted molar refractivity (Wildman–Crippen MR) is 53.9 cm³/mol. The molecular weight excluding hydrogens is 214 g/mol. The maximum atomic E-state index is 11.5. The van der Waals surface area contributed by atoms with E-state index in [0.29, 0.717) is 11.3 Å². The number of carbonyl (C=O) groups excluding carboxylic acids is 1. The number of hydrogen-bond acceptors (Lipinski definition) is 4. The van der Waals surface area contributed by atoms with Crippen LogP contribution in [0.15, 0.2) is 6.20 Å². The highest BCUT2D eigenvalue weighted by Crippen LogP contribution is 2.01. The van der Waals surface area contributed by atoms with E-state index in [1.165, 1.54) is 6.20 Å². The number of aromatic amines is 1. The van der Waals surface area contributed by atoms with E-state index in [4.69, 9.17) is 10.2 Å². The van der Waals surface area contributed by atoms with Gasteiger partial charge in [-0.3, -0.25) is 9.89 Å². The van der Waals surface area contributed by atoms with Gasteiger partial charge in [0.2, 0.25) is 0 Å². The van der Waals surface area contributed by atoms with Crippen LogP contribution in [0.5, 0.6) is 0 Å². The lowest BCUT2D eigenvalue weighted by atomic mass is 10.2. The summed E-state index contributed by atoms with van der Waals surface area (Å²) >= 11 is 0. The fraction of sp³-hybridized carbons (Fsp3) is 0.444. The number of aliphatic hydroxyl groups excluding tert-OH is 1. The molecule has 1 aromatic rings. The van der Waals surface area contributed by atoms with Gasteiger partial charge in [-0.05, 0) is 6.92 Å². The van der Waals surface area contributed by atoms with E-state index in [2.05, 4.69) is 15.5 Å². The lowest BCUT2D eigenvalue weighted by Gasteiger charge is -2.06. The van der Waals surface area contributed by atoms with Crippen molar-refractivity contribution in [2.24, 2.45) is 0 Å². The monoisotopic (exact) mass is 227 g/mol. The summed E-state index contributed by atoms with van der Waals surface area (Å²) in [6.45, 7) is 1.80. The summed E-state index contributed by atoms with van der Waals surface area (Å²) in [6, 6.07) is 0. The van der Waals surface area contributed by atoms with Gasteiger partial charge < -0.3 is 15.5 Å². The lowest BCUT2D eigenvalue weighted by molar-refractivity contribution is -0.146. The number of carboxylic acids is 1. The first-order chi connectivity index (χ1) is 7.52. The van der Waals surface area contributed by atoms with E-state index >= 15 is 0 Å². The molecule has 88 valence electrons. The molecule has 0 saturated carbocycles. The Morgan fingerprint density at radius 2 is 2.31 bits per heavy atom. The maximum Gasteiger partial charge on any atom is 0.332 e. The Labute approximate surface area is 91.5 Å². The van der Waals surface area contributed by atoms with Crippen LogP contribution in [0.3, 0.4) is 0 Å². The van der Waals surface area contributed by atoms with E-state index in [1.807, 2.05) is 0 Å². The minimum Gasteiger partial charge on any atom is -0.479 e.